The van der Waals surface area contributed by atoms with Crippen molar-refractivity contribution in [3.63, 3.8) is 0 Å². The van der Waals surface area contributed by atoms with E-state index in [1.54, 1.807) is 24.3 Å². The fraction of sp³-hybridized carbons (Fsp3) is 0.0714. The van der Waals surface area contributed by atoms with Gasteiger partial charge >= 0.3 is 0 Å². The van der Waals surface area contributed by atoms with Crippen LogP contribution in [0.1, 0.15) is 5.56 Å². The summed E-state index contributed by atoms with van der Waals surface area (Å²) in [5.41, 5.74) is 2.07. The summed E-state index contributed by atoms with van der Waals surface area (Å²) >= 11 is 17.2. The smallest absolute Gasteiger partial charge is 0.175 e. The number of hydrogen-bond acceptors (Lipinski definition) is 1. The van der Waals surface area contributed by atoms with E-state index in [1.807, 2.05) is 6.92 Å². The van der Waals surface area contributed by atoms with E-state index in [1.165, 1.54) is 12.1 Å². The quantitative estimate of drug-likeness (QED) is 0.736. The third kappa shape index (κ3) is 3.60. The summed E-state index contributed by atoms with van der Waals surface area (Å²) in [5, 5.41) is 6.98. The third-order valence-electron chi connectivity index (χ3n) is 2.65. The Labute approximate surface area is 131 Å². The molecule has 0 saturated heterocycles. The Kier molecular flexibility index (Phi) is 4.81. The first kappa shape index (κ1) is 15.0. The first-order valence-corrected chi connectivity index (χ1v) is 6.92. The molecule has 2 aromatic rings. The number of halogens is 3. The van der Waals surface area contributed by atoms with Crippen molar-refractivity contribution in [3.8, 4) is 0 Å². The number of hydrogen-bond donors (Lipinski definition) is 2. The zero-order valence-electron chi connectivity index (χ0n) is 10.5. The fourth-order valence-corrected chi connectivity index (χ4v) is 2.17. The van der Waals surface area contributed by atoms with E-state index in [0.29, 0.717) is 26.5 Å². The molecule has 0 spiro atoms. The van der Waals surface area contributed by atoms with Crippen LogP contribution in [0.2, 0.25) is 10.0 Å². The van der Waals surface area contributed by atoms with Crippen LogP contribution < -0.4 is 10.6 Å². The molecule has 2 aromatic carbocycles. The Morgan fingerprint density at radius 2 is 1.80 bits per heavy atom. The number of benzene rings is 2. The molecule has 2 nitrogen and oxygen atoms in total. The fourth-order valence-electron chi connectivity index (χ4n) is 1.61. The summed E-state index contributed by atoms with van der Waals surface area (Å²) in [6.07, 6.45) is 0. The Morgan fingerprint density at radius 1 is 1.10 bits per heavy atom. The van der Waals surface area contributed by atoms with E-state index < -0.39 is 0 Å². The van der Waals surface area contributed by atoms with Gasteiger partial charge in [-0.2, -0.15) is 0 Å². The predicted molar refractivity (Wildman–Crippen MR) is 87.4 cm³/mol. The lowest BCUT2D eigenvalue weighted by molar-refractivity contribution is 0.628. The molecule has 0 saturated carbocycles. The maximum absolute atomic E-state index is 13.2. The Balaban J connectivity index is 2.13. The van der Waals surface area contributed by atoms with Crippen LogP contribution in [0.4, 0.5) is 15.8 Å². The number of nitrogens with one attached hydrogen (secondary N) is 2. The van der Waals surface area contributed by atoms with Gasteiger partial charge in [-0.3, -0.25) is 0 Å². The number of thiocarbonyl (C=S) groups is 1. The van der Waals surface area contributed by atoms with Gasteiger partial charge in [0.2, 0.25) is 0 Å². The van der Waals surface area contributed by atoms with Crippen LogP contribution in [0.15, 0.2) is 36.4 Å². The van der Waals surface area contributed by atoms with Crippen molar-refractivity contribution in [2.75, 3.05) is 10.6 Å². The van der Waals surface area contributed by atoms with Crippen LogP contribution in [-0.2, 0) is 0 Å². The van der Waals surface area contributed by atoms with Crippen LogP contribution in [0.25, 0.3) is 0 Å². The van der Waals surface area contributed by atoms with Gasteiger partial charge in [0, 0.05) is 5.69 Å². The lowest BCUT2D eigenvalue weighted by atomic mass is 10.2. The molecule has 0 radical (unpaired) electrons. The molecule has 0 amide bonds. The molecule has 0 bridgehead atoms. The highest BCUT2D eigenvalue weighted by atomic mass is 35.5. The van der Waals surface area contributed by atoms with Crippen molar-refractivity contribution in [3.05, 3.63) is 57.8 Å². The van der Waals surface area contributed by atoms with Gasteiger partial charge in [0.15, 0.2) is 5.11 Å². The molecule has 0 atom stereocenters. The molecule has 0 aliphatic heterocycles. The summed E-state index contributed by atoms with van der Waals surface area (Å²) in [5.74, 6) is -0.332. The Morgan fingerprint density at radius 3 is 2.55 bits per heavy atom. The molecule has 0 heterocycles. The maximum atomic E-state index is 13.2. The van der Waals surface area contributed by atoms with Gasteiger partial charge in [0.25, 0.3) is 0 Å². The average molecular weight is 329 g/mol. The summed E-state index contributed by atoms with van der Waals surface area (Å²) in [6, 6.07) is 9.63. The van der Waals surface area contributed by atoms with Crippen molar-refractivity contribution >= 4 is 51.9 Å². The third-order valence-corrected chi connectivity index (χ3v) is 3.67. The Bertz CT molecular complexity index is 656. The van der Waals surface area contributed by atoms with E-state index >= 15 is 0 Å². The monoisotopic (exact) mass is 328 g/mol. The first-order valence-electron chi connectivity index (χ1n) is 5.75. The molecule has 2 rings (SSSR count). The van der Waals surface area contributed by atoms with Crippen LogP contribution in [-0.4, -0.2) is 5.11 Å². The van der Waals surface area contributed by atoms with Gasteiger partial charge in [0.1, 0.15) is 5.82 Å². The molecule has 2 N–H and O–H groups in total. The largest absolute Gasteiger partial charge is 0.332 e. The topological polar surface area (TPSA) is 24.1 Å². The molecule has 104 valence electrons. The van der Waals surface area contributed by atoms with Crippen molar-refractivity contribution in [2.24, 2.45) is 0 Å². The molecule has 0 aliphatic carbocycles. The maximum Gasteiger partial charge on any atom is 0.175 e. The molecule has 6 heteroatoms. The summed E-state index contributed by atoms with van der Waals surface area (Å²) in [4.78, 5) is 0. The molecular weight excluding hydrogens is 318 g/mol. The lowest BCUT2D eigenvalue weighted by Gasteiger charge is -2.13. The average Bonchev–Trinajstić information content (AvgIpc) is 2.39. The van der Waals surface area contributed by atoms with Crippen LogP contribution >= 0.6 is 35.4 Å². The van der Waals surface area contributed by atoms with Crippen molar-refractivity contribution in [2.45, 2.75) is 6.92 Å². The van der Waals surface area contributed by atoms with E-state index in [4.69, 9.17) is 35.4 Å². The number of aryl methyl sites for hydroxylation is 1. The molecule has 0 aliphatic rings. The van der Waals surface area contributed by atoms with Crippen LogP contribution in [0, 0.1) is 12.7 Å². The minimum atomic E-state index is -0.332. The summed E-state index contributed by atoms with van der Waals surface area (Å²) in [6.45, 7) is 1.86. The summed E-state index contributed by atoms with van der Waals surface area (Å²) < 4.78 is 13.2. The van der Waals surface area contributed by atoms with Crippen LogP contribution in [0.3, 0.4) is 0 Å². The van der Waals surface area contributed by atoms with Gasteiger partial charge in [-0.05, 0) is 49.0 Å². The van der Waals surface area contributed by atoms with E-state index in [-0.39, 0.29) is 5.82 Å². The van der Waals surface area contributed by atoms with Gasteiger partial charge in [0.05, 0.1) is 15.7 Å². The standard InChI is InChI=1S/C14H11Cl2FN2S/c1-8-5-6-9(17)7-12(8)19-14(20)18-11-4-2-3-10(15)13(11)16/h2-7H,1H3,(H2,18,19,20). The van der Waals surface area contributed by atoms with E-state index in [9.17, 15) is 4.39 Å². The second kappa shape index (κ2) is 6.39. The van der Waals surface area contributed by atoms with Crippen molar-refractivity contribution < 1.29 is 4.39 Å². The second-order valence-corrected chi connectivity index (χ2v) is 5.33. The highest BCUT2D eigenvalue weighted by molar-refractivity contribution is 7.80. The minimum Gasteiger partial charge on any atom is -0.332 e. The number of rotatable bonds is 2. The number of anilines is 2. The highest BCUT2D eigenvalue weighted by Crippen LogP contribution is 2.29. The summed E-state index contributed by atoms with van der Waals surface area (Å²) in [7, 11) is 0. The SMILES string of the molecule is Cc1ccc(F)cc1NC(=S)Nc1cccc(Cl)c1Cl. The lowest BCUT2D eigenvalue weighted by Crippen LogP contribution is -2.20. The Hall–Kier alpha value is -1.36. The van der Waals surface area contributed by atoms with Gasteiger partial charge in [-0.15, -0.1) is 0 Å². The molecule has 0 unspecified atom stereocenters. The molecule has 0 fully saturated rings. The highest BCUT2D eigenvalue weighted by Gasteiger charge is 2.07. The zero-order chi connectivity index (χ0) is 14.7. The van der Waals surface area contributed by atoms with E-state index in [0.717, 1.165) is 5.56 Å². The van der Waals surface area contributed by atoms with Gasteiger partial charge in [-0.25, -0.2) is 4.39 Å². The predicted octanol–water partition coefficient (Wildman–Crippen LogP) is 5.25. The molecule has 20 heavy (non-hydrogen) atoms. The molecular formula is C14H11Cl2FN2S. The normalized spacial score (nSPS) is 10.2. The van der Waals surface area contributed by atoms with Crippen molar-refractivity contribution in [1.29, 1.82) is 0 Å². The zero-order valence-corrected chi connectivity index (χ0v) is 12.8. The van der Waals surface area contributed by atoms with Gasteiger partial charge in [-0.1, -0.05) is 35.3 Å². The van der Waals surface area contributed by atoms with Crippen LogP contribution in [0.5, 0.6) is 0 Å². The van der Waals surface area contributed by atoms with E-state index in [2.05, 4.69) is 10.6 Å². The minimum absolute atomic E-state index is 0.308. The molecule has 0 aromatic heterocycles. The van der Waals surface area contributed by atoms with Crippen molar-refractivity contribution in [1.82, 2.24) is 0 Å². The first-order chi connectivity index (χ1) is 9.47. The van der Waals surface area contributed by atoms with Gasteiger partial charge < -0.3 is 10.6 Å². The second-order valence-electron chi connectivity index (χ2n) is 4.14.